The molecular formula is C17H23N3. The average Bonchev–Trinajstić information content (AvgIpc) is 2.53. The summed E-state index contributed by atoms with van der Waals surface area (Å²) in [6.07, 6.45) is 9.92. The smallest absolute Gasteiger partial charge is 0.0419 e. The van der Waals surface area contributed by atoms with Crippen LogP contribution in [0.5, 0.6) is 0 Å². The molecule has 0 bridgehead atoms. The van der Waals surface area contributed by atoms with Crippen LogP contribution in [0.25, 0.3) is 0 Å². The summed E-state index contributed by atoms with van der Waals surface area (Å²) in [4.78, 5) is 8.70. The topological polar surface area (TPSA) is 37.8 Å². The van der Waals surface area contributed by atoms with E-state index in [0.717, 1.165) is 31.4 Å². The zero-order chi connectivity index (χ0) is 14.2. The molecule has 0 saturated heterocycles. The highest BCUT2D eigenvalue weighted by Gasteiger charge is 2.08. The molecule has 20 heavy (non-hydrogen) atoms. The minimum atomic E-state index is 0.454. The van der Waals surface area contributed by atoms with Crippen molar-refractivity contribution in [2.75, 3.05) is 7.05 Å². The summed E-state index contributed by atoms with van der Waals surface area (Å²) >= 11 is 0. The van der Waals surface area contributed by atoms with Gasteiger partial charge in [-0.15, -0.1) is 0 Å². The first-order valence-corrected chi connectivity index (χ1v) is 7.31. The van der Waals surface area contributed by atoms with E-state index in [9.17, 15) is 0 Å². The molecule has 0 saturated carbocycles. The van der Waals surface area contributed by atoms with E-state index in [1.165, 1.54) is 11.1 Å². The highest BCUT2D eigenvalue weighted by Crippen LogP contribution is 2.09. The molecule has 3 heteroatoms. The van der Waals surface area contributed by atoms with Gasteiger partial charge in [-0.2, -0.15) is 0 Å². The summed E-state index contributed by atoms with van der Waals surface area (Å²) in [5.41, 5.74) is 3.75. The zero-order valence-electron chi connectivity index (χ0n) is 12.3. The van der Waals surface area contributed by atoms with Gasteiger partial charge in [-0.1, -0.05) is 19.1 Å². The number of likely N-dealkylation sites (N-methyl/N-ethyl adjacent to an activating group) is 1. The van der Waals surface area contributed by atoms with Crippen molar-refractivity contribution in [3.8, 4) is 0 Å². The lowest BCUT2D eigenvalue weighted by Crippen LogP contribution is -2.28. The second-order valence-corrected chi connectivity index (χ2v) is 5.10. The van der Waals surface area contributed by atoms with Crippen molar-refractivity contribution in [1.29, 1.82) is 0 Å². The van der Waals surface area contributed by atoms with Crippen LogP contribution in [0.15, 0.2) is 42.9 Å². The van der Waals surface area contributed by atoms with Crippen LogP contribution in [-0.4, -0.2) is 23.1 Å². The summed E-state index contributed by atoms with van der Waals surface area (Å²) in [5, 5.41) is 3.39. The molecule has 2 heterocycles. The Balaban J connectivity index is 1.88. The summed E-state index contributed by atoms with van der Waals surface area (Å²) in [6, 6.07) is 8.90. The molecular weight excluding hydrogens is 246 g/mol. The number of hydrogen-bond donors (Lipinski definition) is 1. The maximum absolute atomic E-state index is 4.54. The van der Waals surface area contributed by atoms with Crippen LogP contribution >= 0.6 is 0 Å². The number of rotatable bonds is 7. The van der Waals surface area contributed by atoms with E-state index in [4.69, 9.17) is 0 Å². The predicted molar refractivity (Wildman–Crippen MR) is 82.7 cm³/mol. The van der Waals surface area contributed by atoms with E-state index < -0.39 is 0 Å². The standard InChI is InChI=1S/C17H23N3/c1-3-14-6-9-17(20-13-14)11-16(18-2)8-7-15-5-4-10-19-12-15/h4-6,9-10,12-13,16,18H,3,7-8,11H2,1-2H3. The molecule has 0 radical (unpaired) electrons. The highest BCUT2D eigenvalue weighted by atomic mass is 14.9. The molecule has 2 aromatic rings. The first-order valence-electron chi connectivity index (χ1n) is 7.31. The average molecular weight is 269 g/mol. The van der Waals surface area contributed by atoms with Gasteiger partial charge in [-0.3, -0.25) is 9.97 Å². The van der Waals surface area contributed by atoms with Gasteiger partial charge in [0.2, 0.25) is 0 Å². The fourth-order valence-electron chi connectivity index (χ4n) is 2.27. The van der Waals surface area contributed by atoms with Gasteiger partial charge in [0.1, 0.15) is 0 Å². The van der Waals surface area contributed by atoms with E-state index in [-0.39, 0.29) is 0 Å². The maximum atomic E-state index is 4.54. The molecule has 1 unspecified atom stereocenters. The van der Waals surface area contributed by atoms with Crippen molar-refractivity contribution in [1.82, 2.24) is 15.3 Å². The van der Waals surface area contributed by atoms with Gasteiger partial charge < -0.3 is 5.32 Å². The number of nitrogens with one attached hydrogen (secondary N) is 1. The highest BCUT2D eigenvalue weighted by molar-refractivity contribution is 5.15. The Morgan fingerprint density at radius 2 is 2.05 bits per heavy atom. The van der Waals surface area contributed by atoms with Crippen molar-refractivity contribution in [3.05, 3.63) is 59.7 Å². The monoisotopic (exact) mass is 269 g/mol. The number of pyridine rings is 2. The largest absolute Gasteiger partial charge is 0.317 e. The molecule has 0 aliphatic carbocycles. The van der Waals surface area contributed by atoms with Crippen molar-refractivity contribution in [3.63, 3.8) is 0 Å². The first kappa shape index (κ1) is 14.7. The fourth-order valence-corrected chi connectivity index (χ4v) is 2.27. The minimum absolute atomic E-state index is 0.454. The summed E-state index contributed by atoms with van der Waals surface area (Å²) in [5.74, 6) is 0. The van der Waals surface area contributed by atoms with Gasteiger partial charge in [-0.25, -0.2) is 0 Å². The van der Waals surface area contributed by atoms with Gasteiger partial charge >= 0.3 is 0 Å². The molecule has 1 atom stereocenters. The normalized spacial score (nSPS) is 12.3. The Morgan fingerprint density at radius 3 is 2.65 bits per heavy atom. The lowest BCUT2D eigenvalue weighted by atomic mass is 10.0. The maximum Gasteiger partial charge on any atom is 0.0419 e. The molecule has 2 rings (SSSR count). The fraction of sp³-hybridized carbons (Fsp3) is 0.412. The lowest BCUT2D eigenvalue weighted by molar-refractivity contribution is 0.515. The van der Waals surface area contributed by atoms with Crippen LogP contribution in [0.2, 0.25) is 0 Å². The number of aromatic nitrogens is 2. The lowest BCUT2D eigenvalue weighted by Gasteiger charge is -2.15. The molecule has 0 fully saturated rings. The van der Waals surface area contributed by atoms with Crippen molar-refractivity contribution >= 4 is 0 Å². The molecule has 0 aromatic carbocycles. The summed E-state index contributed by atoms with van der Waals surface area (Å²) in [6.45, 7) is 2.15. The van der Waals surface area contributed by atoms with Gasteiger partial charge in [0, 0.05) is 36.7 Å². The molecule has 3 nitrogen and oxygen atoms in total. The van der Waals surface area contributed by atoms with E-state index in [2.05, 4.69) is 40.4 Å². The van der Waals surface area contributed by atoms with Crippen LogP contribution in [0.3, 0.4) is 0 Å². The van der Waals surface area contributed by atoms with Gasteiger partial charge in [0.15, 0.2) is 0 Å². The third-order valence-electron chi connectivity index (χ3n) is 3.66. The zero-order valence-corrected chi connectivity index (χ0v) is 12.3. The quantitative estimate of drug-likeness (QED) is 0.840. The summed E-state index contributed by atoms with van der Waals surface area (Å²) in [7, 11) is 2.02. The van der Waals surface area contributed by atoms with Crippen LogP contribution < -0.4 is 5.32 Å². The van der Waals surface area contributed by atoms with Crippen LogP contribution in [0.4, 0.5) is 0 Å². The van der Waals surface area contributed by atoms with Crippen molar-refractivity contribution in [2.24, 2.45) is 0 Å². The summed E-state index contributed by atoms with van der Waals surface area (Å²) < 4.78 is 0. The number of aryl methyl sites for hydroxylation is 2. The predicted octanol–water partition coefficient (Wildman–Crippen LogP) is 2.80. The SMILES string of the molecule is CCc1ccc(CC(CCc2cccnc2)NC)nc1. The molecule has 2 aromatic heterocycles. The molecule has 0 aliphatic rings. The second kappa shape index (κ2) is 7.75. The minimum Gasteiger partial charge on any atom is -0.317 e. The van der Waals surface area contributed by atoms with E-state index in [0.29, 0.717) is 6.04 Å². The number of nitrogens with zero attached hydrogens (tertiary/aromatic N) is 2. The Bertz CT molecular complexity index is 493. The Labute approximate surface area is 121 Å². The molecule has 106 valence electrons. The van der Waals surface area contributed by atoms with E-state index in [1.807, 2.05) is 31.7 Å². The molecule has 1 N–H and O–H groups in total. The molecule has 0 aliphatic heterocycles. The van der Waals surface area contributed by atoms with E-state index in [1.54, 1.807) is 0 Å². The van der Waals surface area contributed by atoms with Crippen molar-refractivity contribution < 1.29 is 0 Å². The Morgan fingerprint density at radius 1 is 1.15 bits per heavy atom. The first-order chi connectivity index (χ1) is 9.81. The van der Waals surface area contributed by atoms with Crippen LogP contribution in [-0.2, 0) is 19.3 Å². The van der Waals surface area contributed by atoms with E-state index >= 15 is 0 Å². The third kappa shape index (κ3) is 4.42. The Kier molecular flexibility index (Phi) is 5.69. The second-order valence-electron chi connectivity index (χ2n) is 5.10. The van der Waals surface area contributed by atoms with Gasteiger partial charge in [0.25, 0.3) is 0 Å². The van der Waals surface area contributed by atoms with Crippen molar-refractivity contribution in [2.45, 2.75) is 38.6 Å². The third-order valence-corrected chi connectivity index (χ3v) is 3.66. The Hall–Kier alpha value is -1.74. The van der Waals surface area contributed by atoms with Gasteiger partial charge in [0.05, 0.1) is 0 Å². The molecule has 0 amide bonds. The van der Waals surface area contributed by atoms with Gasteiger partial charge in [-0.05, 0) is 49.6 Å². The van der Waals surface area contributed by atoms with Crippen LogP contribution in [0.1, 0.15) is 30.2 Å². The molecule has 0 spiro atoms. The van der Waals surface area contributed by atoms with Crippen LogP contribution in [0, 0.1) is 0 Å². The number of hydrogen-bond acceptors (Lipinski definition) is 3.